The number of ether oxygens (including phenoxy) is 1. The molecule has 0 bridgehead atoms. The fourth-order valence-electron chi connectivity index (χ4n) is 3.78. The molecule has 1 amide bonds. The van der Waals surface area contributed by atoms with Crippen LogP contribution in [0.5, 0.6) is 0 Å². The first-order valence-corrected chi connectivity index (χ1v) is 12.1. The average Bonchev–Trinajstić information content (AvgIpc) is 2.85. The van der Waals surface area contributed by atoms with E-state index >= 15 is 0 Å². The number of carbonyl (C=O) groups excluding carboxylic acids is 1. The molecule has 0 atom stereocenters. The van der Waals surface area contributed by atoms with Crippen molar-refractivity contribution in [2.45, 2.75) is 39.5 Å². The number of nitrogens with zero attached hydrogens (tertiary/aromatic N) is 3. The third-order valence-electron chi connectivity index (χ3n) is 5.37. The van der Waals surface area contributed by atoms with Crippen molar-refractivity contribution in [3.8, 4) is 0 Å². The Hall–Kier alpha value is -4.59. The number of amides is 1. The van der Waals surface area contributed by atoms with Gasteiger partial charge in [-0.15, -0.1) is 0 Å². The maximum absolute atomic E-state index is 12.2. The molecule has 4 aromatic rings. The molecule has 0 spiro atoms. The largest absolute Gasteiger partial charge is 0.444 e. The van der Waals surface area contributed by atoms with Crippen molar-refractivity contribution in [2.24, 2.45) is 0 Å². The summed E-state index contributed by atoms with van der Waals surface area (Å²) in [6, 6.07) is 27.7. The molecule has 0 unspecified atom stereocenters. The van der Waals surface area contributed by atoms with Crippen LogP contribution >= 0.6 is 0 Å². The summed E-state index contributed by atoms with van der Waals surface area (Å²) in [6.07, 6.45) is 0.978. The fourth-order valence-corrected chi connectivity index (χ4v) is 3.78. The van der Waals surface area contributed by atoms with E-state index in [1.165, 1.54) is 6.33 Å². The van der Waals surface area contributed by atoms with Gasteiger partial charge in [0.1, 0.15) is 17.6 Å². The van der Waals surface area contributed by atoms with Gasteiger partial charge in [0.2, 0.25) is 0 Å². The van der Waals surface area contributed by atoms with Gasteiger partial charge in [-0.25, -0.2) is 14.8 Å². The number of nitrogen functional groups attached to an aromatic ring is 1. The molecule has 0 fully saturated rings. The molecular formula is C29H32N6O2. The Bertz CT molecular complexity index is 1280. The Kier molecular flexibility index (Phi) is 7.88. The molecule has 0 radical (unpaired) electrons. The van der Waals surface area contributed by atoms with Crippen LogP contribution in [0.15, 0.2) is 91.3 Å². The van der Waals surface area contributed by atoms with Crippen LogP contribution in [0.4, 0.5) is 33.5 Å². The van der Waals surface area contributed by atoms with Gasteiger partial charge in [0, 0.05) is 24.5 Å². The summed E-state index contributed by atoms with van der Waals surface area (Å²) in [7, 11) is 0. The number of carbonyl (C=O) groups is 1. The van der Waals surface area contributed by atoms with Crippen LogP contribution in [0.1, 0.15) is 31.9 Å². The van der Waals surface area contributed by atoms with Gasteiger partial charge in [-0.1, -0.05) is 66.7 Å². The van der Waals surface area contributed by atoms with Gasteiger partial charge in [-0.3, -0.25) is 5.32 Å². The van der Waals surface area contributed by atoms with Gasteiger partial charge in [0.15, 0.2) is 11.6 Å². The molecular weight excluding hydrogens is 464 g/mol. The van der Waals surface area contributed by atoms with Crippen molar-refractivity contribution in [1.82, 2.24) is 9.97 Å². The monoisotopic (exact) mass is 496 g/mol. The lowest BCUT2D eigenvalue weighted by Gasteiger charge is -2.26. The van der Waals surface area contributed by atoms with Crippen LogP contribution in [0.2, 0.25) is 0 Å². The second kappa shape index (κ2) is 11.4. The first-order valence-electron chi connectivity index (χ1n) is 12.1. The normalized spacial score (nSPS) is 11.0. The maximum Gasteiger partial charge on any atom is 0.412 e. The predicted octanol–water partition coefficient (Wildman–Crippen LogP) is 6.36. The minimum absolute atomic E-state index is 0.430. The second-order valence-electron chi connectivity index (χ2n) is 9.62. The molecule has 0 aliphatic heterocycles. The van der Waals surface area contributed by atoms with Crippen LogP contribution < -0.4 is 21.3 Å². The van der Waals surface area contributed by atoms with Crippen LogP contribution in [-0.4, -0.2) is 21.7 Å². The molecule has 0 aliphatic rings. The molecule has 0 saturated carbocycles. The van der Waals surface area contributed by atoms with E-state index in [4.69, 9.17) is 10.5 Å². The summed E-state index contributed by atoms with van der Waals surface area (Å²) in [5, 5.41) is 6.01. The van der Waals surface area contributed by atoms with E-state index in [1.807, 2.05) is 69.3 Å². The zero-order valence-corrected chi connectivity index (χ0v) is 21.3. The van der Waals surface area contributed by atoms with E-state index in [0.29, 0.717) is 41.8 Å². The highest BCUT2D eigenvalue weighted by molar-refractivity contribution is 5.86. The lowest BCUT2D eigenvalue weighted by molar-refractivity contribution is 0.0636. The van der Waals surface area contributed by atoms with Crippen LogP contribution in [0.25, 0.3) is 0 Å². The zero-order chi connectivity index (χ0) is 26.3. The third kappa shape index (κ3) is 7.44. The van der Waals surface area contributed by atoms with Gasteiger partial charge >= 0.3 is 6.09 Å². The summed E-state index contributed by atoms with van der Waals surface area (Å²) in [6.45, 7) is 6.72. The quantitative estimate of drug-likeness (QED) is 0.261. The van der Waals surface area contributed by atoms with Gasteiger partial charge < -0.3 is 20.7 Å². The minimum Gasteiger partial charge on any atom is -0.444 e. The van der Waals surface area contributed by atoms with Crippen LogP contribution in [0.3, 0.4) is 0 Å². The summed E-state index contributed by atoms with van der Waals surface area (Å²) in [5.41, 5.74) is 10.0. The number of anilines is 5. The highest BCUT2D eigenvalue weighted by Gasteiger charge is 2.18. The van der Waals surface area contributed by atoms with Crippen molar-refractivity contribution in [1.29, 1.82) is 0 Å². The number of benzene rings is 3. The average molecular weight is 497 g/mol. The summed E-state index contributed by atoms with van der Waals surface area (Å²) >= 11 is 0. The van der Waals surface area contributed by atoms with Crippen molar-refractivity contribution >= 4 is 34.8 Å². The highest BCUT2D eigenvalue weighted by Crippen LogP contribution is 2.31. The molecule has 8 nitrogen and oxygen atoms in total. The number of nitrogens with one attached hydrogen (secondary N) is 2. The molecule has 37 heavy (non-hydrogen) atoms. The number of rotatable bonds is 8. The second-order valence-corrected chi connectivity index (χ2v) is 9.62. The Balaban J connectivity index is 1.57. The molecule has 4 N–H and O–H groups in total. The molecule has 4 rings (SSSR count). The van der Waals surface area contributed by atoms with Crippen molar-refractivity contribution < 1.29 is 9.53 Å². The van der Waals surface area contributed by atoms with Gasteiger partial charge in [0.05, 0.1) is 0 Å². The molecule has 8 heteroatoms. The molecule has 1 aromatic heterocycles. The van der Waals surface area contributed by atoms with E-state index in [0.717, 1.165) is 11.1 Å². The summed E-state index contributed by atoms with van der Waals surface area (Å²) in [5.74, 6) is 1.11. The van der Waals surface area contributed by atoms with Crippen molar-refractivity contribution in [2.75, 3.05) is 21.3 Å². The number of hydrogen-bond acceptors (Lipinski definition) is 7. The third-order valence-corrected chi connectivity index (χ3v) is 5.37. The topological polar surface area (TPSA) is 105 Å². The predicted molar refractivity (Wildman–Crippen MR) is 149 cm³/mol. The van der Waals surface area contributed by atoms with E-state index in [1.54, 1.807) is 12.1 Å². The first-order chi connectivity index (χ1) is 17.8. The number of aromatic nitrogens is 2. The molecule has 0 aliphatic carbocycles. The molecule has 1 heterocycles. The zero-order valence-electron chi connectivity index (χ0n) is 21.3. The SMILES string of the molecule is CC(C)(C)OC(=O)Nc1cccc(Nc2ncnc(N(Cc3ccccc3)Cc3ccccc3)c2N)c1. The van der Waals surface area contributed by atoms with Gasteiger partial charge in [-0.2, -0.15) is 0 Å². The Morgan fingerprint density at radius 2 is 1.46 bits per heavy atom. The van der Waals surface area contributed by atoms with E-state index in [-0.39, 0.29) is 0 Å². The standard InChI is InChI=1S/C29H32N6O2/c1-29(2,3)37-28(36)34-24-16-10-15-23(17-24)33-26-25(30)27(32-20-31-26)35(18-21-11-6-4-7-12-21)19-22-13-8-5-9-14-22/h4-17,20H,18-19,30H2,1-3H3,(H,34,36)(H,31,32,33). The van der Waals surface area contributed by atoms with E-state index < -0.39 is 11.7 Å². The first kappa shape index (κ1) is 25.5. The Morgan fingerprint density at radius 1 is 0.865 bits per heavy atom. The smallest absolute Gasteiger partial charge is 0.412 e. The molecule has 0 saturated heterocycles. The van der Waals surface area contributed by atoms with Gasteiger partial charge in [0.25, 0.3) is 0 Å². The number of nitrogens with two attached hydrogens (primary N) is 1. The maximum atomic E-state index is 12.2. The van der Waals surface area contributed by atoms with E-state index in [2.05, 4.69) is 49.8 Å². The Labute approximate surface area is 217 Å². The Morgan fingerprint density at radius 3 is 2.05 bits per heavy atom. The van der Waals surface area contributed by atoms with Crippen molar-refractivity contribution in [3.63, 3.8) is 0 Å². The fraction of sp³-hybridized carbons (Fsp3) is 0.207. The van der Waals surface area contributed by atoms with Crippen LogP contribution in [0, 0.1) is 0 Å². The summed E-state index contributed by atoms with van der Waals surface area (Å²) < 4.78 is 5.34. The number of hydrogen-bond donors (Lipinski definition) is 3. The molecule has 3 aromatic carbocycles. The lowest BCUT2D eigenvalue weighted by atomic mass is 10.1. The lowest BCUT2D eigenvalue weighted by Crippen LogP contribution is -2.27. The van der Waals surface area contributed by atoms with Crippen LogP contribution in [-0.2, 0) is 17.8 Å². The van der Waals surface area contributed by atoms with E-state index in [9.17, 15) is 4.79 Å². The van der Waals surface area contributed by atoms with Gasteiger partial charge in [-0.05, 0) is 50.1 Å². The highest BCUT2D eigenvalue weighted by atomic mass is 16.6. The minimum atomic E-state index is -0.586. The van der Waals surface area contributed by atoms with Crippen molar-refractivity contribution in [3.05, 3.63) is 102 Å². The molecule has 190 valence electrons. The summed E-state index contributed by atoms with van der Waals surface area (Å²) in [4.78, 5) is 23.2.